The Hall–Kier alpha value is -3.33. The van der Waals surface area contributed by atoms with Gasteiger partial charge in [0, 0.05) is 22.7 Å². The van der Waals surface area contributed by atoms with Crippen molar-refractivity contribution in [1.82, 2.24) is 4.98 Å². The fourth-order valence-corrected chi connectivity index (χ4v) is 3.24. The largest absolute Gasteiger partial charge is 0.493 e. The van der Waals surface area contributed by atoms with E-state index in [1.54, 1.807) is 14.2 Å². The van der Waals surface area contributed by atoms with Crippen LogP contribution in [-0.2, 0) is 0 Å². The van der Waals surface area contributed by atoms with Gasteiger partial charge in [-0.3, -0.25) is 4.98 Å². The molecule has 0 bridgehead atoms. The number of methoxy groups -OCH3 is 2. The lowest BCUT2D eigenvalue weighted by Gasteiger charge is -2.15. The van der Waals surface area contributed by atoms with Gasteiger partial charge in [0.05, 0.1) is 19.9 Å². The summed E-state index contributed by atoms with van der Waals surface area (Å²) in [6.07, 6.45) is 1.94. The van der Waals surface area contributed by atoms with E-state index in [4.69, 9.17) is 14.5 Å². The first-order valence-electron chi connectivity index (χ1n) is 8.47. The fourth-order valence-electron chi connectivity index (χ4n) is 3.24. The zero-order valence-corrected chi connectivity index (χ0v) is 14.8. The molecule has 3 aromatic carbocycles. The van der Waals surface area contributed by atoms with E-state index in [9.17, 15) is 0 Å². The highest BCUT2D eigenvalue weighted by atomic mass is 16.5. The Bertz CT molecular complexity index is 958. The molecular weight excluding hydrogens is 322 g/mol. The van der Waals surface area contributed by atoms with Crippen LogP contribution in [0.25, 0.3) is 33.2 Å². The van der Waals surface area contributed by atoms with Crippen LogP contribution in [0.3, 0.4) is 0 Å². The number of hydrogen-bond acceptors (Lipinski definition) is 3. The van der Waals surface area contributed by atoms with Gasteiger partial charge in [0.15, 0.2) is 11.5 Å². The predicted octanol–water partition coefficient (Wildman–Crippen LogP) is 5.59. The average Bonchev–Trinajstić information content (AvgIpc) is 2.73. The summed E-state index contributed by atoms with van der Waals surface area (Å²) >= 11 is 0. The van der Waals surface area contributed by atoms with E-state index >= 15 is 0 Å². The number of aromatic nitrogens is 1. The summed E-state index contributed by atoms with van der Waals surface area (Å²) in [5, 5.41) is 2.12. The van der Waals surface area contributed by atoms with Crippen LogP contribution >= 0.6 is 0 Å². The van der Waals surface area contributed by atoms with Gasteiger partial charge in [-0.05, 0) is 23.1 Å². The van der Waals surface area contributed by atoms with Gasteiger partial charge < -0.3 is 9.47 Å². The molecule has 0 amide bonds. The van der Waals surface area contributed by atoms with Crippen LogP contribution in [0.15, 0.2) is 79.0 Å². The molecule has 0 aliphatic rings. The topological polar surface area (TPSA) is 31.4 Å². The summed E-state index contributed by atoms with van der Waals surface area (Å²) in [7, 11) is 3.31. The predicted molar refractivity (Wildman–Crippen MR) is 106 cm³/mol. The molecule has 0 atom stereocenters. The van der Waals surface area contributed by atoms with Crippen LogP contribution in [-0.4, -0.2) is 19.2 Å². The van der Waals surface area contributed by atoms with Crippen molar-refractivity contribution in [2.24, 2.45) is 0 Å². The molecule has 0 radical (unpaired) electrons. The van der Waals surface area contributed by atoms with E-state index in [0.717, 1.165) is 33.2 Å². The van der Waals surface area contributed by atoms with Crippen LogP contribution < -0.4 is 9.47 Å². The smallest absolute Gasteiger partial charge is 0.161 e. The molecule has 3 heteroatoms. The lowest BCUT2D eigenvalue weighted by Crippen LogP contribution is -1.94. The quantitative estimate of drug-likeness (QED) is 0.485. The summed E-state index contributed by atoms with van der Waals surface area (Å²) in [4.78, 5) is 4.79. The molecule has 0 aliphatic carbocycles. The third-order valence-electron chi connectivity index (χ3n) is 4.52. The Morgan fingerprint density at radius 3 is 1.77 bits per heavy atom. The maximum Gasteiger partial charge on any atom is 0.161 e. The van der Waals surface area contributed by atoms with E-state index in [1.165, 1.54) is 0 Å². The average molecular weight is 341 g/mol. The second-order valence-electron chi connectivity index (χ2n) is 6.01. The third kappa shape index (κ3) is 2.78. The third-order valence-corrected chi connectivity index (χ3v) is 4.52. The van der Waals surface area contributed by atoms with Crippen molar-refractivity contribution in [3.8, 4) is 33.9 Å². The normalized spacial score (nSPS) is 10.7. The van der Waals surface area contributed by atoms with Gasteiger partial charge in [-0.1, -0.05) is 60.7 Å². The van der Waals surface area contributed by atoms with E-state index in [-0.39, 0.29) is 0 Å². The minimum Gasteiger partial charge on any atom is -0.493 e. The first-order valence-corrected chi connectivity index (χ1v) is 8.47. The molecule has 128 valence electrons. The number of ether oxygens (including phenoxy) is 2. The van der Waals surface area contributed by atoms with Crippen LogP contribution in [0.1, 0.15) is 0 Å². The fraction of sp³-hybridized carbons (Fsp3) is 0.0870. The van der Waals surface area contributed by atoms with Crippen molar-refractivity contribution in [3.63, 3.8) is 0 Å². The van der Waals surface area contributed by atoms with Crippen LogP contribution in [0.4, 0.5) is 0 Å². The van der Waals surface area contributed by atoms with E-state index in [2.05, 4.69) is 24.3 Å². The molecule has 1 aromatic heterocycles. The lowest BCUT2D eigenvalue weighted by molar-refractivity contribution is 0.356. The molecule has 3 nitrogen and oxygen atoms in total. The summed E-state index contributed by atoms with van der Waals surface area (Å²) in [6, 6.07) is 24.5. The monoisotopic (exact) mass is 341 g/mol. The van der Waals surface area contributed by atoms with Gasteiger partial charge in [-0.25, -0.2) is 0 Å². The second kappa shape index (κ2) is 6.89. The van der Waals surface area contributed by atoms with Gasteiger partial charge in [-0.15, -0.1) is 0 Å². The Labute approximate surface area is 152 Å². The first-order chi connectivity index (χ1) is 12.8. The second-order valence-corrected chi connectivity index (χ2v) is 6.01. The Morgan fingerprint density at radius 1 is 0.654 bits per heavy atom. The number of hydrogen-bond donors (Lipinski definition) is 0. The summed E-state index contributed by atoms with van der Waals surface area (Å²) in [5.41, 5.74) is 4.20. The van der Waals surface area contributed by atoms with Crippen molar-refractivity contribution in [2.45, 2.75) is 0 Å². The van der Waals surface area contributed by atoms with E-state index < -0.39 is 0 Å². The van der Waals surface area contributed by atoms with E-state index in [0.29, 0.717) is 11.5 Å². The number of fused-ring (bicyclic) bond motifs is 1. The molecule has 1 heterocycles. The minimum absolute atomic E-state index is 0.698. The summed E-state index contributed by atoms with van der Waals surface area (Å²) in [6.45, 7) is 0. The van der Waals surface area contributed by atoms with Crippen molar-refractivity contribution in [3.05, 3.63) is 79.0 Å². The SMILES string of the molecule is COc1cc2c(-c3ccccc3)cnc(-c3ccccc3)c2cc1OC. The Kier molecular flexibility index (Phi) is 4.28. The van der Waals surface area contributed by atoms with Crippen molar-refractivity contribution < 1.29 is 9.47 Å². The maximum absolute atomic E-state index is 5.54. The Morgan fingerprint density at radius 2 is 1.19 bits per heavy atom. The van der Waals surface area contributed by atoms with Crippen molar-refractivity contribution in [2.75, 3.05) is 14.2 Å². The van der Waals surface area contributed by atoms with Crippen LogP contribution in [0.5, 0.6) is 11.5 Å². The Balaban J connectivity index is 2.07. The molecule has 0 spiro atoms. The lowest BCUT2D eigenvalue weighted by atomic mass is 9.96. The van der Waals surface area contributed by atoms with Gasteiger partial charge in [0.2, 0.25) is 0 Å². The molecule has 0 N–H and O–H groups in total. The molecular formula is C23H19NO2. The zero-order chi connectivity index (χ0) is 17.9. The highest BCUT2D eigenvalue weighted by molar-refractivity contribution is 6.04. The van der Waals surface area contributed by atoms with Gasteiger partial charge in [0.1, 0.15) is 0 Å². The van der Waals surface area contributed by atoms with E-state index in [1.807, 2.05) is 54.7 Å². The number of benzene rings is 3. The number of rotatable bonds is 4. The molecule has 26 heavy (non-hydrogen) atoms. The summed E-state index contributed by atoms with van der Waals surface area (Å²) < 4.78 is 11.1. The highest BCUT2D eigenvalue weighted by Gasteiger charge is 2.15. The molecule has 4 rings (SSSR count). The van der Waals surface area contributed by atoms with Crippen molar-refractivity contribution >= 4 is 10.8 Å². The highest BCUT2D eigenvalue weighted by Crippen LogP contribution is 2.40. The van der Waals surface area contributed by atoms with Crippen molar-refractivity contribution in [1.29, 1.82) is 0 Å². The van der Waals surface area contributed by atoms with Gasteiger partial charge in [0.25, 0.3) is 0 Å². The molecule has 4 aromatic rings. The van der Waals surface area contributed by atoms with Crippen LogP contribution in [0, 0.1) is 0 Å². The maximum atomic E-state index is 5.54. The minimum atomic E-state index is 0.698. The molecule has 0 unspecified atom stereocenters. The number of nitrogens with zero attached hydrogens (tertiary/aromatic N) is 1. The molecule has 0 fully saturated rings. The van der Waals surface area contributed by atoms with Crippen LogP contribution in [0.2, 0.25) is 0 Å². The first kappa shape index (κ1) is 16.2. The number of pyridine rings is 1. The van der Waals surface area contributed by atoms with Gasteiger partial charge in [-0.2, -0.15) is 0 Å². The summed E-state index contributed by atoms with van der Waals surface area (Å²) in [5.74, 6) is 1.41. The molecule has 0 saturated carbocycles. The molecule has 0 saturated heterocycles. The molecule has 0 aliphatic heterocycles. The standard InChI is InChI=1S/C23H19NO2/c1-25-21-13-18-19(14-22(21)26-2)23(17-11-7-4-8-12-17)24-15-20(18)16-9-5-3-6-10-16/h3-15H,1-2H3. The van der Waals surface area contributed by atoms with Gasteiger partial charge >= 0.3 is 0 Å². The zero-order valence-electron chi connectivity index (χ0n) is 14.8.